The summed E-state index contributed by atoms with van der Waals surface area (Å²) in [5.41, 5.74) is 2.01. The summed E-state index contributed by atoms with van der Waals surface area (Å²) < 4.78 is 5.22. The number of para-hydroxylation sites is 1. The number of rotatable bonds is 4. The Kier molecular flexibility index (Phi) is 4.38. The van der Waals surface area contributed by atoms with Crippen molar-refractivity contribution in [3.63, 3.8) is 0 Å². The first kappa shape index (κ1) is 14.8. The predicted octanol–water partition coefficient (Wildman–Crippen LogP) is 2.90. The van der Waals surface area contributed by atoms with E-state index in [4.69, 9.17) is 4.74 Å². The minimum atomic E-state index is -0.359. The monoisotopic (exact) mass is 283 g/mol. The molecule has 108 valence electrons. The fourth-order valence-corrected chi connectivity index (χ4v) is 2.21. The van der Waals surface area contributed by atoms with Crippen LogP contribution in [0, 0.1) is 13.8 Å². The lowest BCUT2D eigenvalue weighted by atomic mass is 10.0. The minimum absolute atomic E-state index is 0.173. The number of carbonyl (C=O) groups is 1. The highest BCUT2D eigenvalue weighted by Gasteiger charge is 2.11. The first-order chi connectivity index (χ1) is 10.0. The number of nitrogens with one attached hydrogen (secondary N) is 1. The first-order valence-electron chi connectivity index (χ1n) is 6.59. The molecule has 1 aromatic heterocycles. The predicted molar refractivity (Wildman–Crippen MR) is 82.9 cm³/mol. The average Bonchev–Trinajstić information content (AvgIpc) is 2.44. The van der Waals surface area contributed by atoms with Gasteiger partial charge in [0.25, 0.3) is 5.56 Å². The van der Waals surface area contributed by atoms with Gasteiger partial charge in [-0.05, 0) is 43.7 Å². The van der Waals surface area contributed by atoms with Crippen molar-refractivity contribution < 1.29 is 9.53 Å². The number of pyridine rings is 1. The summed E-state index contributed by atoms with van der Waals surface area (Å²) in [6.07, 6.45) is 3.05. The zero-order valence-electron chi connectivity index (χ0n) is 12.3. The molecular weight excluding hydrogens is 266 g/mol. The number of aromatic nitrogens is 1. The van der Waals surface area contributed by atoms with E-state index in [-0.39, 0.29) is 16.9 Å². The molecule has 1 N–H and O–H groups in total. The van der Waals surface area contributed by atoms with Crippen molar-refractivity contribution in [3.8, 4) is 5.75 Å². The molecule has 1 aromatic carbocycles. The number of ether oxygens (including phenoxy) is 1. The van der Waals surface area contributed by atoms with Gasteiger partial charge in [-0.2, -0.15) is 0 Å². The quantitative estimate of drug-likeness (QED) is 0.693. The van der Waals surface area contributed by atoms with E-state index in [1.54, 1.807) is 33.1 Å². The summed E-state index contributed by atoms with van der Waals surface area (Å²) in [5.74, 6) is 0.357. The van der Waals surface area contributed by atoms with Crippen LogP contribution in [0.15, 0.2) is 41.2 Å². The Morgan fingerprint density at radius 1 is 1.24 bits per heavy atom. The molecule has 0 aliphatic heterocycles. The molecule has 0 saturated heterocycles. The summed E-state index contributed by atoms with van der Waals surface area (Å²) in [4.78, 5) is 26.8. The molecule has 0 bridgehead atoms. The highest BCUT2D eigenvalue weighted by molar-refractivity contribution is 6.07. The van der Waals surface area contributed by atoms with Crippen LogP contribution in [0.2, 0.25) is 0 Å². The summed E-state index contributed by atoms with van der Waals surface area (Å²) >= 11 is 0. The standard InChI is InChI=1S/C17H17NO3/c1-11-10-12(2)18-17(20)16(11)14(19)9-8-13-6-4-5-7-15(13)21-3/h4-10H,1-3H3,(H,18,20). The smallest absolute Gasteiger partial charge is 0.259 e. The van der Waals surface area contributed by atoms with E-state index in [2.05, 4.69) is 4.98 Å². The van der Waals surface area contributed by atoms with Crippen LogP contribution in [0.5, 0.6) is 5.75 Å². The number of methoxy groups -OCH3 is 1. The van der Waals surface area contributed by atoms with Crippen LogP contribution in [0.3, 0.4) is 0 Å². The Morgan fingerprint density at radius 3 is 2.62 bits per heavy atom. The van der Waals surface area contributed by atoms with Crippen molar-refractivity contribution >= 4 is 11.9 Å². The molecule has 0 spiro atoms. The third kappa shape index (κ3) is 3.28. The highest BCUT2D eigenvalue weighted by atomic mass is 16.5. The average molecular weight is 283 g/mol. The van der Waals surface area contributed by atoms with Crippen molar-refractivity contribution in [2.24, 2.45) is 0 Å². The fraction of sp³-hybridized carbons (Fsp3) is 0.176. The van der Waals surface area contributed by atoms with Gasteiger partial charge in [0.2, 0.25) is 0 Å². The second-order valence-electron chi connectivity index (χ2n) is 4.78. The van der Waals surface area contributed by atoms with Gasteiger partial charge < -0.3 is 9.72 Å². The Labute approximate surface area is 123 Å². The van der Waals surface area contributed by atoms with Crippen LogP contribution in [0.4, 0.5) is 0 Å². The van der Waals surface area contributed by atoms with E-state index in [0.717, 1.165) is 11.3 Å². The van der Waals surface area contributed by atoms with Gasteiger partial charge in [-0.3, -0.25) is 9.59 Å². The molecule has 1 heterocycles. The number of hydrogen-bond acceptors (Lipinski definition) is 3. The molecule has 2 aromatic rings. The third-order valence-electron chi connectivity index (χ3n) is 3.16. The Hall–Kier alpha value is -2.62. The molecule has 0 fully saturated rings. The first-order valence-corrected chi connectivity index (χ1v) is 6.59. The van der Waals surface area contributed by atoms with E-state index in [0.29, 0.717) is 11.3 Å². The topological polar surface area (TPSA) is 59.2 Å². The Bertz CT molecular complexity index is 757. The number of H-pyrrole nitrogens is 1. The van der Waals surface area contributed by atoms with Crippen LogP contribution >= 0.6 is 0 Å². The number of benzene rings is 1. The number of hydrogen-bond donors (Lipinski definition) is 1. The lowest BCUT2D eigenvalue weighted by molar-refractivity contribution is 0.104. The summed E-state index contributed by atoms with van der Waals surface area (Å²) in [6, 6.07) is 9.15. The van der Waals surface area contributed by atoms with Crippen molar-refractivity contribution in [2.75, 3.05) is 7.11 Å². The summed E-state index contributed by atoms with van der Waals surface area (Å²) in [6.45, 7) is 3.54. The maximum absolute atomic E-state index is 12.2. The lowest BCUT2D eigenvalue weighted by Gasteiger charge is -2.04. The van der Waals surface area contributed by atoms with Gasteiger partial charge in [0.15, 0.2) is 5.78 Å². The van der Waals surface area contributed by atoms with Crippen LogP contribution in [0.1, 0.15) is 27.2 Å². The Morgan fingerprint density at radius 2 is 1.95 bits per heavy atom. The zero-order chi connectivity index (χ0) is 15.4. The fourth-order valence-electron chi connectivity index (χ4n) is 2.21. The van der Waals surface area contributed by atoms with E-state index in [1.165, 1.54) is 6.08 Å². The summed E-state index contributed by atoms with van der Waals surface area (Å²) in [7, 11) is 1.57. The van der Waals surface area contributed by atoms with E-state index in [1.807, 2.05) is 24.3 Å². The molecule has 2 rings (SSSR count). The number of carbonyl (C=O) groups excluding carboxylic acids is 1. The highest BCUT2D eigenvalue weighted by Crippen LogP contribution is 2.19. The normalized spacial score (nSPS) is 10.8. The molecule has 0 unspecified atom stereocenters. The number of aryl methyl sites for hydroxylation is 2. The molecule has 0 amide bonds. The van der Waals surface area contributed by atoms with Crippen LogP contribution in [0.25, 0.3) is 6.08 Å². The zero-order valence-corrected chi connectivity index (χ0v) is 12.3. The van der Waals surface area contributed by atoms with Crippen molar-refractivity contribution in [3.05, 3.63) is 69.1 Å². The van der Waals surface area contributed by atoms with Crippen LogP contribution in [-0.2, 0) is 0 Å². The van der Waals surface area contributed by atoms with Gasteiger partial charge in [0.05, 0.1) is 12.7 Å². The van der Waals surface area contributed by atoms with Crippen LogP contribution < -0.4 is 10.3 Å². The molecule has 4 heteroatoms. The molecule has 0 saturated carbocycles. The lowest BCUT2D eigenvalue weighted by Crippen LogP contribution is -2.19. The van der Waals surface area contributed by atoms with E-state index < -0.39 is 0 Å². The third-order valence-corrected chi connectivity index (χ3v) is 3.16. The molecule has 0 radical (unpaired) electrons. The molecule has 4 nitrogen and oxygen atoms in total. The van der Waals surface area contributed by atoms with E-state index in [9.17, 15) is 9.59 Å². The summed E-state index contributed by atoms with van der Waals surface area (Å²) in [5, 5.41) is 0. The molecule has 0 aliphatic rings. The minimum Gasteiger partial charge on any atom is -0.496 e. The van der Waals surface area contributed by atoms with Crippen LogP contribution in [-0.4, -0.2) is 17.9 Å². The van der Waals surface area contributed by atoms with Crippen molar-refractivity contribution in [1.82, 2.24) is 4.98 Å². The second-order valence-corrected chi connectivity index (χ2v) is 4.78. The van der Waals surface area contributed by atoms with Gasteiger partial charge in [-0.15, -0.1) is 0 Å². The van der Waals surface area contributed by atoms with Gasteiger partial charge in [-0.1, -0.05) is 18.2 Å². The van der Waals surface area contributed by atoms with Gasteiger partial charge in [0, 0.05) is 11.3 Å². The molecule has 21 heavy (non-hydrogen) atoms. The number of allylic oxidation sites excluding steroid dienone is 1. The molecule has 0 atom stereocenters. The van der Waals surface area contributed by atoms with Gasteiger partial charge in [0.1, 0.15) is 5.75 Å². The maximum Gasteiger partial charge on any atom is 0.259 e. The van der Waals surface area contributed by atoms with E-state index >= 15 is 0 Å². The number of ketones is 1. The van der Waals surface area contributed by atoms with Crippen molar-refractivity contribution in [1.29, 1.82) is 0 Å². The second kappa shape index (κ2) is 6.22. The number of aromatic amines is 1. The maximum atomic E-state index is 12.2. The van der Waals surface area contributed by atoms with Gasteiger partial charge >= 0.3 is 0 Å². The van der Waals surface area contributed by atoms with Gasteiger partial charge in [-0.25, -0.2) is 0 Å². The largest absolute Gasteiger partial charge is 0.496 e. The SMILES string of the molecule is COc1ccccc1C=CC(=O)c1c(C)cc(C)[nH]c1=O. The molecular formula is C17H17NO3. The molecule has 0 aliphatic carbocycles. The van der Waals surface area contributed by atoms with Crippen molar-refractivity contribution in [2.45, 2.75) is 13.8 Å². The Balaban J connectivity index is 2.34.